The third-order valence-electron chi connectivity index (χ3n) is 5.01. The van der Waals surface area contributed by atoms with Gasteiger partial charge in [0.1, 0.15) is 11.6 Å². The van der Waals surface area contributed by atoms with Gasteiger partial charge in [0.2, 0.25) is 6.79 Å². The molecular weight excluding hydrogens is 321 g/mol. The van der Waals surface area contributed by atoms with Crippen molar-refractivity contribution in [3.63, 3.8) is 0 Å². The van der Waals surface area contributed by atoms with Crippen LogP contribution < -0.4 is 19.5 Å². The monoisotopic (exact) mass is 343 g/mol. The van der Waals surface area contributed by atoms with Crippen molar-refractivity contribution >= 4 is 0 Å². The van der Waals surface area contributed by atoms with E-state index >= 15 is 0 Å². The highest BCUT2D eigenvalue weighted by Gasteiger charge is 2.26. The predicted molar refractivity (Wildman–Crippen MR) is 92.8 cm³/mol. The van der Waals surface area contributed by atoms with E-state index in [0.29, 0.717) is 18.4 Å². The fourth-order valence-corrected chi connectivity index (χ4v) is 3.67. The smallest absolute Gasteiger partial charge is 0.231 e. The van der Waals surface area contributed by atoms with Crippen LogP contribution in [0.3, 0.4) is 0 Å². The fraction of sp³-hybridized carbons (Fsp3) is 0.400. The Morgan fingerprint density at radius 1 is 1.08 bits per heavy atom. The van der Waals surface area contributed by atoms with E-state index in [1.54, 1.807) is 12.1 Å². The number of hydrogen-bond acceptors (Lipinski definition) is 4. The van der Waals surface area contributed by atoms with Crippen molar-refractivity contribution < 1.29 is 18.6 Å². The summed E-state index contributed by atoms with van der Waals surface area (Å²) in [7, 11) is 0. The highest BCUT2D eigenvalue weighted by Crippen LogP contribution is 2.36. The second-order valence-corrected chi connectivity index (χ2v) is 6.56. The number of piperidine rings is 1. The molecule has 1 fully saturated rings. The Balaban J connectivity index is 1.36. The molecule has 2 aliphatic rings. The van der Waals surface area contributed by atoms with Crippen molar-refractivity contribution in [1.29, 1.82) is 0 Å². The van der Waals surface area contributed by atoms with Crippen LogP contribution in [0.5, 0.6) is 17.2 Å². The van der Waals surface area contributed by atoms with Crippen LogP contribution in [0.15, 0.2) is 42.5 Å². The third kappa shape index (κ3) is 3.71. The maximum atomic E-state index is 13.2. The van der Waals surface area contributed by atoms with Crippen molar-refractivity contribution in [3.8, 4) is 17.2 Å². The minimum absolute atomic E-state index is 0.180. The number of fused-ring (bicyclic) bond motifs is 1. The summed E-state index contributed by atoms with van der Waals surface area (Å²) >= 11 is 0. The summed E-state index contributed by atoms with van der Waals surface area (Å²) in [6, 6.07) is 12.6. The average molecular weight is 343 g/mol. The van der Waals surface area contributed by atoms with Gasteiger partial charge in [0.25, 0.3) is 0 Å². The molecule has 0 saturated carbocycles. The van der Waals surface area contributed by atoms with Gasteiger partial charge in [-0.25, -0.2) is 4.39 Å². The fourth-order valence-electron chi connectivity index (χ4n) is 3.67. The van der Waals surface area contributed by atoms with E-state index in [-0.39, 0.29) is 12.6 Å². The average Bonchev–Trinajstić information content (AvgIpc) is 3.11. The maximum Gasteiger partial charge on any atom is 0.231 e. The quantitative estimate of drug-likeness (QED) is 0.898. The van der Waals surface area contributed by atoms with Gasteiger partial charge in [0.15, 0.2) is 11.5 Å². The number of ether oxygens (including phenoxy) is 3. The van der Waals surface area contributed by atoms with Gasteiger partial charge < -0.3 is 19.5 Å². The Morgan fingerprint density at radius 3 is 2.80 bits per heavy atom. The molecule has 0 aromatic heterocycles. The standard InChI is InChI=1S/C20H22FNO3/c21-16-3-1-14(2-4-16)18-7-9-22-12-15(18)8-10-23-17-5-6-19-20(11-17)25-13-24-19/h1-6,11,15,18,22H,7-10,12-13H2/t15?,18-/m0/s1. The Kier molecular flexibility index (Phi) is 4.74. The lowest BCUT2D eigenvalue weighted by Gasteiger charge is -2.32. The number of rotatable bonds is 5. The van der Waals surface area contributed by atoms with Gasteiger partial charge >= 0.3 is 0 Å². The molecule has 2 aromatic carbocycles. The molecule has 0 amide bonds. The largest absolute Gasteiger partial charge is 0.493 e. The first-order valence-electron chi connectivity index (χ1n) is 8.78. The van der Waals surface area contributed by atoms with Gasteiger partial charge in [0, 0.05) is 6.07 Å². The van der Waals surface area contributed by atoms with Gasteiger partial charge in [-0.1, -0.05) is 12.1 Å². The zero-order valence-corrected chi connectivity index (χ0v) is 14.0. The Labute approximate surface area is 146 Å². The Bertz CT molecular complexity index is 719. The molecule has 1 unspecified atom stereocenters. The summed E-state index contributed by atoms with van der Waals surface area (Å²) < 4.78 is 29.8. The molecule has 0 radical (unpaired) electrons. The molecule has 2 atom stereocenters. The SMILES string of the molecule is Fc1ccc([C@@H]2CCNCC2CCOc2ccc3c(c2)OCO3)cc1. The van der Waals surface area contributed by atoms with Crippen LogP contribution in [-0.4, -0.2) is 26.5 Å². The first-order chi connectivity index (χ1) is 12.3. The van der Waals surface area contributed by atoms with E-state index in [0.717, 1.165) is 43.2 Å². The minimum Gasteiger partial charge on any atom is -0.493 e. The van der Waals surface area contributed by atoms with Gasteiger partial charge in [-0.05, 0) is 67.6 Å². The summed E-state index contributed by atoms with van der Waals surface area (Å²) in [5.41, 5.74) is 1.22. The zero-order valence-electron chi connectivity index (χ0n) is 14.0. The summed E-state index contributed by atoms with van der Waals surface area (Å²) in [5.74, 6) is 3.04. The van der Waals surface area contributed by atoms with Crippen molar-refractivity contribution in [3.05, 3.63) is 53.8 Å². The highest BCUT2D eigenvalue weighted by atomic mass is 19.1. The summed E-state index contributed by atoms with van der Waals surface area (Å²) in [4.78, 5) is 0. The Hall–Kier alpha value is -2.27. The van der Waals surface area contributed by atoms with Gasteiger partial charge in [0.05, 0.1) is 6.61 Å². The highest BCUT2D eigenvalue weighted by molar-refractivity contribution is 5.46. The van der Waals surface area contributed by atoms with Crippen molar-refractivity contribution in [2.24, 2.45) is 5.92 Å². The van der Waals surface area contributed by atoms with Crippen LogP contribution in [0.1, 0.15) is 24.3 Å². The Morgan fingerprint density at radius 2 is 1.92 bits per heavy atom. The van der Waals surface area contributed by atoms with E-state index in [9.17, 15) is 4.39 Å². The molecule has 25 heavy (non-hydrogen) atoms. The lowest BCUT2D eigenvalue weighted by atomic mass is 9.79. The first kappa shape index (κ1) is 16.2. The van der Waals surface area contributed by atoms with E-state index in [2.05, 4.69) is 5.32 Å². The molecule has 4 nitrogen and oxygen atoms in total. The van der Waals surface area contributed by atoms with E-state index < -0.39 is 0 Å². The number of benzene rings is 2. The van der Waals surface area contributed by atoms with Gasteiger partial charge in [-0.2, -0.15) is 0 Å². The number of halogens is 1. The van der Waals surface area contributed by atoms with E-state index in [4.69, 9.17) is 14.2 Å². The van der Waals surface area contributed by atoms with E-state index in [1.807, 2.05) is 30.3 Å². The molecule has 0 bridgehead atoms. The molecule has 1 N–H and O–H groups in total. The topological polar surface area (TPSA) is 39.7 Å². The summed E-state index contributed by atoms with van der Waals surface area (Å²) in [6.45, 7) is 2.88. The van der Waals surface area contributed by atoms with Crippen LogP contribution in [0.4, 0.5) is 4.39 Å². The van der Waals surface area contributed by atoms with Crippen LogP contribution in [0.2, 0.25) is 0 Å². The van der Waals surface area contributed by atoms with Crippen molar-refractivity contribution in [1.82, 2.24) is 5.32 Å². The lowest BCUT2D eigenvalue weighted by molar-refractivity contribution is 0.173. The van der Waals surface area contributed by atoms with Crippen LogP contribution in [0, 0.1) is 11.7 Å². The third-order valence-corrected chi connectivity index (χ3v) is 5.01. The molecule has 2 heterocycles. The van der Waals surface area contributed by atoms with Crippen molar-refractivity contribution in [2.75, 3.05) is 26.5 Å². The molecule has 2 aliphatic heterocycles. The molecular formula is C20H22FNO3. The molecule has 5 heteroatoms. The normalized spacial score (nSPS) is 22.0. The van der Waals surface area contributed by atoms with Gasteiger partial charge in [-0.3, -0.25) is 0 Å². The second kappa shape index (κ2) is 7.31. The van der Waals surface area contributed by atoms with Crippen molar-refractivity contribution in [2.45, 2.75) is 18.8 Å². The molecule has 0 aliphatic carbocycles. The summed E-state index contributed by atoms with van der Waals surface area (Å²) in [6.07, 6.45) is 2.02. The maximum absolute atomic E-state index is 13.2. The van der Waals surface area contributed by atoms with Crippen LogP contribution in [-0.2, 0) is 0 Å². The molecule has 132 valence electrons. The second-order valence-electron chi connectivity index (χ2n) is 6.56. The molecule has 4 rings (SSSR count). The van der Waals surface area contributed by atoms with Crippen LogP contribution in [0.25, 0.3) is 0 Å². The van der Waals surface area contributed by atoms with E-state index in [1.165, 1.54) is 5.56 Å². The number of nitrogens with one attached hydrogen (secondary N) is 1. The first-order valence-corrected chi connectivity index (χ1v) is 8.78. The van der Waals surface area contributed by atoms with Crippen LogP contribution >= 0.6 is 0 Å². The molecule has 1 saturated heterocycles. The predicted octanol–water partition coefficient (Wildman–Crippen LogP) is 3.72. The van der Waals surface area contributed by atoms with Gasteiger partial charge in [-0.15, -0.1) is 0 Å². The lowest BCUT2D eigenvalue weighted by Crippen LogP contribution is -2.36. The number of hydrogen-bond donors (Lipinski definition) is 1. The molecule has 0 spiro atoms. The summed E-state index contributed by atoms with van der Waals surface area (Å²) in [5, 5.41) is 3.46. The zero-order chi connectivity index (χ0) is 17.1. The molecule has 2 aromatic rings. The minimum atomic E-state index is -0.180.